The Hall–Kier alpha value is -3.05. The molecule has 0 saturated heterocycles. The molecule has 1 atom stereocenters. The van der Waals surface area contributed by atoms with E-state index in [1.165, 1.54) is 0 Å². The fourth-order valence-electron chi connectivity index (χ4n) is 3.59. The normalized spacial score (nSPS) is 12.3. The number of hydrogen-bond donors (Lipinski definition) is 1. The number of nitrogens with zero attached hydrogens (tertiary/aromatic N) is 1. The first-order chi connectivity index (χ1) is 14.0. The fraction of sp³-hybridized carbons (Fsp3) is 0.208. The molecule has 4 rings (SSSR count). The van der Waals surface area contributed by atoms with Gasteiger partial charge in [-0.1, -0.05) is 24.3 Å². The van der Waals surface area contributed by atoms with Gasteiger partial charge < -0.3 is 14.6 Å². The number of aromatic nitrogens is 1. The smallest absolute Gasteiger partial charge is 0.254 e. The van der Waals surface area contributed by atoms with Crippen molar-refractivity contribution in [2.24, 2.45) is 0 Å². The number of benzene rings is 2. The second-order valence-corrected chi connectivity index (χ2v) is 8.29. The summed E-state index contributed by atoms with van der Waals surface area (Å²) in [6.07, 6.45) is 2.11. The summed E-state index contributed by atoms with van der Waals surface area (Å²) >= 11 is 1.66. The summed E-state index contributed by atoms with van der Waals surface area (Å²) in [7, 11) is 1.87. The maximum Gasteiger partial charge on any atom is 0.254 e. The van der Waals surface area contributed by atoms with E-state index in [4.69, 9.17) is 4.74 Å². The van der Waals surface area contributed by atoms with Crippen molar-refractivity contribution in [3.05, 3.63) is 88.2 Å². The number of ether oxygens (including phenoxy) is 1. The Morgan fingerprint density at radius 2 is 1.79 bits per heavy atom. The molecule has 0 spiro atoms. The van der Waals surface area contributed by atoms with E-state index in [9.17, 15) is 4.79 Å². The number of nitrogens with one attached hydrogen (secondary N) is 1. The number of hydrogen-bond acceptors (Lipinski definition) is 3. The van der Waals surface area contributed by atoms with E-state index in [1.54, 1.807) is 11.3 Å². The summed E-state index contributed by atoms with van der Waals surface area (Å²) in [6, 6.07) is 19.5. The lowest BCUT2D eigenvalue weighted by atomic mass is 10.0. The minimum absolute atomic E-state index is 0.0234. The third-order valence-electron chi connectivity index (χ3n) is 4.91. The largest absolute Gasteiger partial charge is 0.491 e. The molecule has 0 aliphatic rings. The zero-order valence-electron chi connectivity index (χ0n) is 16.8. The number of para-hydroxylation sites is 1. The quantitative estimate of drug-likeness (QED) is 0.436. The first kappa shape index (κ1) is 19.3. The fourth-order valence-corrected chi connectivity index (χ4v) is 4.47. The number of carbonyl (C=O) groups excluding carboxylic acids is 1. The van der Waals surface area contributed by atoms with Crippen LogP contribution in [0.3, 0.4) is 0 Å². The van der Waals surface area contributed by atoms with Gasteiger partial charge in [0.15, 0.2) is 0 Å². The maximum atomic E-state index is 13.3. The van der Waals surface area contributed by atoms with E-state index in [0.717, 1.165) is 27.1 Å². The molecule has 2 aromatic heterocycles. The van der Waals surface area contributed by atoms with Crippen LogP contribution in [-0.2, 0) is 0 Å². The van der Waals surface area contributed by atoms with E-state index < -0.39 is 0 Å². The van der Waals surface area contributed by atoms with Crippen LogP contribution in [0, 0.1) is 0 Å². The molecule has 4 nitrogen and oxygen atoms in total. The lowest BCUT2D eigenvalue weighted by molar-refractivity contribution is 0.0758. The van der Waals surface area contributed by atoms with Crippen LogP contribution in [0.2, 0.25) is 0 Å². The number of carbonyl (C=O) groups is 1. The van der Waals surface area contributed by atoms with E-state index in [1.807, 2.05) is 79.8 Å². The van der Waals surface area contributed by atoms with Gasteiger partial charge in [0, 0.05) is 40.2 Å². The molecular weight excluding hydrogens is 380 g/mol. The second kappa shape index (κ2) is 8.13. The average molecular weight is 405 g/mol. The SMILES string of the molecule is CC(C)Oc1ccc(C(=O)N(C)[C@H](c2cccs2)c2c[nH]c3ccccc23)cc1. The number of H-pyrrole nitrogens is 1. The van der Waals surface area contributed by atoms with Gasteiger partial charge >= 0.3 is 0 Å². The molecule has 1 N–H and O–H groups in total. The lowest BCUT2D eigenvalue weighted by Crippen LogP contribution is -2.31. The van der Waals surface area contributed by atoms with Gasteiger partial charge in [0.2, 0.25) is 0 Å². The van der Waals surface area contributed by atoms with Crippen LogP contribution in [0.25, 0.3) is 10.9 Å². The Labute approximate surface area is 174 Å². The molecule has 0 saturated carbocycles. The minimum atomic E-state index is -0.162. The van der Waals surface area contributed by atoms with Crippen molar-refractivity contribution in [3.63, 3.8) is 0 Å². The molecule has 5 heteroatoms. The summed E-state index contributed by atoms with van der Waals surface area (Å²) in [6.45, 7) is 3.97. The molecule has 0 aliphatic carbocycles. The molecular formula is C24H24N2O2S. The highest BCUT2D eigenvalue weighted by molar-refractivity contribution is 7.10. The number of rotatable bonds is 6. The van der Waals surface area contributed by atoms with Gasteiger partial charge in [0.1, 0.15) is 5.75 Å². The number of amides is 1. The van der Waals surface area contributed by atoms with Crippen LogP contribution in [0.4, 0.5) is 0 Å². The summed E-state index contributed by atoms with van der Waals surface area (Å²) in [5.41, 5.74) is 2.81. The first-order valence-corrected chi connectivity index (χ1v) is 10.6. The molecule has 0 fully saturated rings. The Bertz CT molecular complexity index is 1100. The predicted molar refractivity (Wildman–Crippen MR) is 119 cm³/mol. The Balaban J connectivity index is 1.69. The summed E-state index contributed by atoms with van der Waals surface area (Å²) < 4.78 is 5.70. The molecule has 4 aromatic rings. The summed E-state index contributed by atoms with van der Waals surface area (Å²) in [5.74, 6) is 0.746. The van der Waals surface area contributed by atoms with Crippen LogP contribution in [0.1, 0.15) is 40.7 Å². The Morgan fingerprint density at radius 3 is 2.48 bits per heavy atom. The highest BCUT2D eigenvalue weighted by atomic mass is 32.1. The number of aromatic amines is 1. The summed E-state index contributed by atoms with van der Waals surface area (Å²) in [4.78, 5) is 19.6. The molecule has 0 bridgehead atoms. The van der Waals surface area contributed by atoms with Crippen LogP contribution in [0.15, 0.2) is 72.2 Å². The second-order valence-electron chi connectivity index (χ2n) is 7.31. The molecule has 0 unspecified atom stereocenters. The van der Waals surface area contributed by atoms with E-state index in [-0.39, 0.29) is 18.1 Å². The van der Waals surface area contributed by atoms with Gasteiger partial charge in [-0.3, -0.25) is 4.79 Å². The third-order valence-corrected chi connectivity index (χ3v) is 5.83. The van der Waals surface area contributed by atoms with E-state index in [2.05, 4.69) is 23.2 Å². The number of fused-ring (bicyclic) bond motifs is 1. The van der Waals surface area contributed by atoms with Crippen molar-refractivity contribution in [3.8, 4) is 5.75 Å². The van der Waals surface area contributed by atoms with Crippen LogP contribution in [0.5, 0.6) is 5.75 Å². The van der Waals surface area contributed by atoms with Crippen molar-refractivity contribution in [2.45, 2.75) is 26.0 Å². The molecule has 1 amide bonds. The maximum absolute atomic E-state index is 13.3. The third kappa shape index (κ3) is 3.91. The zero-order valence-corrected chi connectivity index (χ0v) is 17.6. The average Bonchev–Trinajstić information content (AvgIpc) is 3.39. The zero-order chi connectivity index (χ0) is 20.4. The van der Waals surface area contributed by atoms with Crippen LogP contribution >= 0.6 is 11.3 Å². The van der Waals surface area contributed by atoms with E-state index in [0.29, 0.717) is 5.56 Å². The molecule has 148 valence electrons. The van der Waals surface area contributed by atoms with Crippen LogP contribution < -0.4 is 4.74 Å². The van der Waals surface area contributed by atoms with Gasteiger partial charge in [0.05, 0.1) is 12.1 Å². The molecule has 2 heterocycles. The minimum Gasteiger partial charge on any atom is -0.491 e. The van der Waals surface area contributed by atoms with E-state index >= 15 is 0 Å². The van der Waals surface area contributed by atoms with Crippen molar-refractivity contribution in [1.82, 2.24) is 9.88 Å². The van der Waals surface area contributed by atoms with Crippen molar-refractivity contribution < 1.29 is 9.53 Å². The van der Waals surface area contributed by atoms with Gasteiger partial charge in [-0.25, -0.2) is 0 Å². The molecule has 0 aliphatic heterocycles. The van der Waals surface area contributed by atoms with Gasteiger partial charge in [-0.2, -0.15) is 0 Å². The molecule has 2 aromatic carbocycles. The molecule has 29 heavy (non-hydrogen) atoms. The topological polar surface area (TPSA) is 45.3 Å². The molecule has 0 radical (unpaired) electrons. The lowest BCUT2D eigenvalue weighted by Gasteiger charge is -2.28. The monoisotopic (exact) mass is 404 g/mol. The first-order valence-electron chi connectivity index (χ1n) is 9.68. The summed E-state index contributed by atoms with van der Waals surface area (Å²) in [5, 5.41) is 3.18. The van der Waals surface area contributed by atoms with Gasteiger partial charge in [0.25, 0.3) is 5.91 Å². The van der Waals surface area contributed by atoms with Crippen molar-refractivity contribution >= 4 is 28.1 Å². The van der Waals surface area contributed by atoms with Gasteiger partial charge in [-0.05, 0) is 55.6 Å². The highest BCUT2D eigenvalue weighted by Crippen LogP contribution is 2.36. The van der Waals surface area contributed by atoms with Crippen molar-refractivity contribution in [1.29, 1.82) is 0 Å². The standard InChI is InChI=1S/C24H24N2O2S/c1-16(2)28-18-12-10-17(11-13-18)24(27)26(3)23(22-9-6-14-29-22)20-15-25-21-8-5-4-7-19(20)21/h4-16,23,25H,1-3H3/t23-/m0/s1. The number of thiophene rings is 1. The highest BCUT2D eigenvalue weighted by Gasteiger charge is 2.27. The Morgan fingerprint density at radius 1 is 1.03 bits per heavy atom. The Kier molecular flexibility index (Phi) is 5.41. The van der Waals surface area contributed by atoms with Crippen LogP contribution in [-0.4, -0.2) is 28.9 Å². The van der Waals surface area contributed by atoms with Crippen molar-refractivity contribution in [2.75, 3.05) is 7.05 Å². The predicted octanol–water partition coefficient (Wildman–Crippen LogP) is 5.88. The van der Waals surface area contributed by atoms with Gasteiger partial charge in [-0.15, -0.1) is 11.3 Å².